The molecule has 0 unspecified atom stereocenters. The Bertz CT molecular complexity index is 484. The van der Waals surface area contributed by atoms with Crippen LogP contribution in [0.15, 0.2) is 28.2 Å². The fourth-order valence-electron chi connectivity index (χ4n) is 1.27. The van der Waals surface area contributed by atoms with Gasteiger partial charge in [-0.25, -0.2) is 0 Å². The van der Waals surface area contributed by atoms with Gasteiger partial charge in [-0.2, -0.15) is 4.99 Å². The van der Waals surface area contributed by atoms with E-state index in [4.69, 9.17) is 11.5 Å². The number of hydrogen-bond donors (Lipinski definition) is 4. The zero-order valence-electron chi connectivity index (χ0n) is 10.3. The maximum atomic E-state index is 9.37. The van der Waals surface area contributed by atoms with Crippen LogP contribution in [0.5, 0.6) is 11.5 Å². The summed E-state index contributed by atoms with van der Waals surface area (Å²) in [5.41, 5.74) is 11.9. The fourth-order valence-corrected chi connectivity index (χ4v) is 1.27. The lowest BCUT2D eigenvalue weighted by atomic mass is 10.2. The number of aromatic hydroxyl groups is 2. The van der Waals surface area contributed by atoms with Crippen molar-refractivity contribution in [2.45, 2.75) is 6.54 Å². The zero-order chi connectivity index (χ0) is 13.7. The van der Waals surface area contributed by atoms with Crippen molar-refractivity contribution in [1.82, 2.24) is 4.90 Å². The first-order valence-corrected chi connectivity index (χ1v) is 5.22. The molecule has 98 valence electrons. The van der Waals surface area contributed by atoms with Gasteiger partial charge in [0.25, 0.3) is 0 Å². The summed E-state index contributed by atoms with van der Waals surface area (Å²) in [6, 6.07) is 4.54. The summed E-state index contributed by atoms with van der Waals surface area (Å²) in [7, 11) is 3.25. The van der Waals surface area contributed by atoms with E-state index in [0.29, 0.717) is 6.54 Å². The molecule has 0 bridgehead atoms. The molecule has 0 saturated heterocycles. The van der Waals surface area contributed by atoms with E-state index in [9.17, 15) is 10.2 Å². The first-order chi connectivity index (χ1) is 8.43. The van der Waals surface area contributed by atoms with Crippen molar-refractivity contribution in [3.63, 3.8) is 0 Å². The van der Waals surface area contributed by atoms with E-state index in [2.05, 4.69) is 9.98 Å². The van der Waals surface area contributed by atoms with Crippen molar-refractivity contribution < 1.29 is 10.2 Å². The van der Waals surface area contributed by atoms with Gasteiger partial charge in [-0.15, -0.1) is 0 Å². The van der Waals surface area contributed by atoms with Gasteiger partial charge in [-0.1, -0.05) is 6.07 Å². The van der Waals surface area contributed by atoms with Gasteiger partial charge in [0.05, 0.1) is 0 Å². The Morgan fingerprint density at radius 1 is 1.28 bits per heavy atom. The van der Waals surface area contributed by atoms with Crippen LogP contribution in [0.4, 0.5) is 0 Å². The third-order valence-electron chi connectivity index (χ3n) is 2.31. The van der Waals surface area contributed by atoms with Crippen molar-refractivity contribution in [2.24, 2.45) is 21.5 Å². The number of phenols is 2. The monoisotopic (exact) mass is 251 g/mol. The first kappa shape index (κ1) is 13.6. The molecule has 0 spiro atoms. The molecule has 0 aromatic heterocycles. The molecule has 0 radical (unpaired) electrons. The van der Waals surface area contributed by atoms with Crippen LogP contribution in [0.1, 0.15) is 5.56 Å². The number of guanidine groups is 2. The lowest BCUT2D eigenvalue weighted by Crippen LogP contribution is -2.35. The second kappa shape index (κ2) is 5.76. The van der Waals surface area contributed by atoms with Crippen LogP contribution in [-0.2, 0) is 6.54 Å². The second-order valence-electron chi connectivity index (χ2n) is 3.73. The molecule has 0 saturated carbocycles. The number of nitrogens with two attached hydrogens (primary N) is 2. The zero-order valence-corrected chi connectivity index (χ0v) is 10.3. The van der Waals surface area contributed by atoms with Gasteiger partial charge in [0.2, 0.25) is 5.96 Å². The normalized spacial score (nSPS) is 12.6. The Kier molecular flexibility index (Phi) is 4.36. The molecule has 6 N–H and O–H groups in total. The largest absolute Gasteiger partial charge is 0.504 e. The van der Waals surface area contributed by atoms with E-state index >= 15 is 0 Å². The summed E-state index contributed by atoms with van der Waals surface area (Å²) < 4.78 is 0. The average molecular weight is 251 g/mol. The molecule has 7 heteroatoms. The van der Waals surface area contributed by atoms with Crippen molar-refractivity contribution in [1.29, 1.82) is 0 Å². The highest BCUT2D eigenvalue weighted by Crippen LogP contribution is 2.25. The SMILES string of the molecule is CN=C(N)/N=C(\N)N(C)Cc1ccc(O)c(O)c1. The summed E-state index contributed by atoms with van der Waals surface area (Å²) in [6.07, 6.45) is 0. The van der Waals surface area contributed by atoms with Gasteiger partial charge in [0.1, 0.15) is 0 Å². The molecule has 18 heavy (non-hydrogen) atoms. The van der Waals surface area contributed by atoms with Gasteiger partial charge in [-0.3, -0.25) is 4.99 Å². The Balaban J connectivity index is 2.78. The van der Waals surface area contributed by atoms with E-state index in [1.807, 2.05) is 0 Å². The standard InChI is InChI=1S/C11H17N5O2/c1-14-10(12)15-11(13)16(2)6-7-3-4-8(17)9(18)5-7/h3-5,17-18H,6H2,1-2H3,(H4,12,13,14,15). The molecule has 0 aliphatic rings. The molecule has 0 aliphatic heterocycles. The van der Waals surface area contributed by atoms with Crippen LogP contribution in [0.25, 0.3) is 0 Å². The number of aliphatic imine (C=N–C) groups is 2. The van der Waals surface area contributed by atoms with Crippen LogP contribution < -0.4 is 11.5 Å². The number of hydrogen-bond acceptors (Lipinski definition) is 3. The topological polar surface area (TPSA) is 120 Å². The van der Waals surface area contributed by atoms with E-state index < -0.39 is 0 Å². The smallest absolute Gasteiger partial charge is 0.218 e. The molecular formula is C11H17N5O2. The number of phenolic OH excluding ortho intramolecular Hbond substituents is 2. The van der Waals surface area contributed by atoms with Gasteiger partial charge < -0.3 is 26.6 Å². The minimum absolute atomic E-state index is 0.0907. The summed E-state index contributed by atoms with van der Waals surface area (Å²) in [6.45, 7) is 0.417. The van der Waals surface area contributed by atoms with Crippen LogP contribution in [-0.4, -0.2) is 41.1 Å². The number of benzene rings is 1. The van der Waals surface area contributed by atoms with Gasteiger partial charge in [0, 0.05) is 20.6 Å². The van der Waals surface area contributed by atoms with Gasteiger partial charge in [0.15, 0.2) is 17.5 Å². The maximum absolute atomic E-state index is 9.37. The molecule has 0 fully saturated rings. The molecule has 1 aromatic rings. The summed E-state index contributed by atoms with van der Waals surface area (Å²) >= 11 is 0. The first-order valence-electron chi connectivity index (χ1n) is 5.22. The molecule has 0 aliphatic carbocycles. The molecular weight excluding hydrogens is 234 g/mol. The van der Waals surface area contributed by atoms with E-state index in [1.54, 1.807) is 18.0 Å². The summed E-state index contributed by atoms with van der Waals surface area (Å²) in [4.78, 5) is 9.18. The third kappa shape index (κ3) is 3.55. The molecule has 0 atom stereocenters. The second-order valence-corrected chi connectivity index (χ2v) is 3.73. The van der Waals surface area contributed by atoms with Crippen LogP contribution >= 0.6 is 0 Å². The van der Waals surface area contributed by atoms with Crippen molar-refractivity contribution in [3.8, 4) is 11.5 Å². The lowest BCUT2D eigenvalue weighted by Gasteiger charge is -2.18. The third-order valence-corrected chi connectivity index (χ3v) is 2.31. The summed E-state index contributed by atoms with van der Waals surface area (Å²) in [5, 5.41) is 18.6. The maximum Gasteiger partial charge on any atom is 0.218 e. The molecule has 1 rings (SSSR count). The fraction of sp³-hybridized carbons (Fsp3) is 0.273. The Morgan fingerprint density at radius 2 is 1.94 bits per heavy atom. The molecule has 1 aromatic carbocycles. The molecule has 7 nitrogen and oxygen atoms in total. The molecule has 0 amide bonds. The highest BCUT2D eigenvalue weighted by molar-refractivity contribution is 5.93. The predicted octanol–water partition coefficient (Wildman–Crippen LogP) is -0.211. The Morgan fingerprint density at radius 3 is 2.50 bits per heavy atom. The Hall–Kier alpha value is -2.44. The Labute approximate surface area is 105 Å². The lowest BCUT2D eigenvalue weighted by molar-refractivity contribution is 0.401. The van der Waals surface area contributed by atoms with E-state index in [1.165, 1.54) is 19.2 Å². The summed E-state index contributed by atoms with van der Waals surface area (Å²) in [5.74, 6) is -0.0324. The van der Waals surface area contributed by atoms with Gasteiger partial charge >= 0.3 is 0 Å². The average Bonchev–Trinajstić information content (AvgIpc) is 2.33. The predicted molar refractivity (Wildman–Crippen MR) is 70.4 cm³/mol. The highest BCUT2D eigenvalue weighted by atomic mass is 16.3. The van der Waals surface area contributed by atoms with Crippen LogP contribution in [0, 0.1) is 0 Å². The highest BCUT2D eigenvalue weighted by Gasteiger charge is 2.06. The van der Waals surface area contributed by atoms with Crippen molar-refractivity contribution in [3.05, 3.63) is 23.8 Å². The number of nitrogens with zero attached hydrogens (tertiary/aromatic N) is 3. The minimum atomic E-state index is -0.175. The van der Waals surface area contributed by atoms with E-state index in [0.717, 1.165) is 5.56 Å². The van der Waals surface area contributed by atoms with Crippen LogP contribution in [0.3, 0.4) is 0 Å². The molecule has 0 heterocycles. The van der Waals surface area contributed by atoms with E-state index in [-0.39, 0.29) is 23.4 Å². The van der Waals surface area contributed by atoms with Crippen molar-refractivity contribution >= 4 is 11.9 Å². The van der Waals surface area contributed by atoms with Crippen LogP contribution in [0.2, 0.25) is 0 Å². The van der Waals surface area contributed by atoms with Gasteiger partial charge in [-0.05, 0) is 17.7 Å². The van der Waals surface area contributed by atoms with Crippen molar-refractivity contribution in [2.75, 3.05) is 14.1 Å². The minimum Gasteiger partial charge on any atom is -0.504 e. The number of rotatable bonds is 2. The quantitative estimate of drug-likeness (QED) is 0.329.